The predicted molar refractivity (Wildman–Crippen MR) is 103 cm³/mol. The van der Waals surface area contributed by atoms with Gasteiger partial charge in [0.05, 0.1) is 19.3 Å². The first-order valence-electron chi connectivity index (χ1n) is 9.23. The average molecular weight is 389 g/mol. The molecule has 1 aliphatic rings. The average Bonchev–Trinajstić information content (AvgIpc) is 2.91. The van der Waals surface area contributed by atoms with Crippen LogP contribution in [0.3, 0.4) is 0 Å². The summed E-state index contributed by atoms with van der Waals surface area (Å²) in [5.74, 6) is 0.724. The second-order valence-corrected chi connectivity index (χ2v) is 7.42. The third kappa shape index (κ3) is 8.58. The van der Waals surface area contributed by atoms with E-state index in [9.17, 15) is 15.0 Å². The van der Waals surface area contributed by atoms with Crippen molar-refractivity contribution in [3.8, 4) is 0 Å². The lowest BCUT2D eigenvalue weighted by atomic mass is 10.0. The van der Waals surface area contributed by atoms with Crippen LogP contribution in [0.4, 0.5) is 0 Å². The zero-order chi connectivity index (χ0) is 19.4. The van der Waals surface area contributed by atoms with Crippen molar-refractivity contribution < 1.29 is 29.6 Å². The summed E-state index contributed by atoms with van der Waals surface area (Å²) in [7, 11) is 1.61. The van der Waals surface area contributed by atoms with Crippen LogP contribution < -0.4 is 0 Å². The molecule has 0 fully saturated rings. The van der Waals surface area contributed by atoms with Crippen LogP contribution in [-0.4, -0.2) is 59.6 Å². The van der Waals surface area contributed by atoms with Crippen LogP contribution in [0.1, 0.15) is 45.4 Å². The Kier molecular flexibility index (Phi) is 11.7. The van der Waals surface area contributed by atoms with Crippen LogP contribution in [-0.2, 0) is 14.3 Å². The van der Waals surface area contributed by atoms with Crippen molar-refractivity contribution >= 4 is 17.7 Å². The fourth-order valence-electron chi connectivity index (χ4n) is 2.78. The van der Waals surface area contributed by atoms with Crippen molar-refractivity contribution in [2.45, 2.75) is 57.7 Å². The topological polar surface area (TPSA) is 96.2 Å². The first-order chi connectivity index (χ1) is 12.5. The molecule has 0 aliphatic heterocycles. The van der Waals surface area contributed by atoms with E-state index in [4.69, 9.17) is 14.6 Å². The highest BCUT2D eigenvalue weighted by Crippen LogP contribution is 2.41. The SMILES string of the molecule is CCOCC[C@H](O)/C=C/[C@@H]1C(SCCCCCC(=O)O)=C(OC)C[C@H]1O. The van der Waals surface area contributed by atoms with E-state index in [1.807, 2.05) is 13.0 Å². The van der Waals surface area contributed by atoms with Gasteiger partial charge < -0.3 is 24.8 Å². The van der Waals surface area contributed by atoms with E-state index in [0.29, 0.717) is 32.5 Å². The molecule has 26 heavy (non-hydrogen) atoms. The van der Waals surface area contributed by atoms with E-state index in [2.05, 4.69) is 0 Å². The van der Waals surface area contributed by atoms with Crippen molar-refractivity contribution in [3.05, 3.63) is 22.8 Å². The Morgan fingerprint density at radius 3 is 2.81 bits per heavy atom. The third-order valence-electron chi connectivity index (χ3n) is 4.23. The number of carbonyl (C=O) groups is 1. The summed E-state index contributed by atoms with van der Waals surface area (Å²) in [4.78, 5) is 11.5. The summed E-state index contributed by atoms with van der Waals surface area (Å²) in [5.41, 5.74) is 0. The van der Waals surface area contributed by atoms with E-state index in [-0.39, 0.29) is 12.3 Å². The number of unbranched alkanes of at least 4 members (excludes halogenated alkanes) is 2. The van der Waals surface area contributed by atoms with Gasteiger partial charge in [0.2, 0.25) is 0 Å². The molecule has 150 valence electrons. The molecule has 0 amide bonds. The summed E-state index contributed by atoms with van der Waals surface area (Å²) in [5, 5.41) is 29.0. The second-order valence-electron chi connectivity index (χ2n) is 6.28. The number of aliphatic hydroxyl groups excluding tert-OH is 2. The maximum Gasteiger partial charge on any atom is 0.303 e. The van der Waals surface area contributed by atoms with Gasteiger partial charge in [0.15, 0.2) is 0 Å². The van der Waals surface area contributed by atoms with E-state index in [1.54, 1.807) is 24.9 Å². The molecule has 3 atom stereocenters. The van der Waals surface area contributed by atoms with Gasteiger partial charge in [0.1, 0.15) is 5.76 Å². The summed E-state index contributed by atoms with van der Waals surface area (Å²) in [6.07, 6.45) is 6.12. The largest absolute Gasteiger partial charge is 0.500 e. The number of ether oxygens (including phenoxy) is 2. The molecule has 0 radical (unpaired) electrons. The number of aliphatic carboxylic acids is 1. The molecule has 7 heteroatoms. The summed E-state index contributed by atoms with van der Waals surface area (Å²) >= 11 is 1.65. The van der Waals surface area contributed by atoms with Gasteiger partial charge in [-0.2, -0.15) is 0 Å². The Labute approximate surface area is 160 Å². The smallest absolute Gasteiger partial charge is 0.303 e. The molecule has 0 aromatic rings. The molecule has 1 aliphatic carbocycles. The fraction of sp³-hybridized carbons (Fsp3) is 0.737. The maximum absolute atomic E-state index is 10.5. The molecular weight excluding hydrogens is 356 g/mol. The Hall–Kier alpha value is -1.02. The number of rotatable bonds is 14. The number of aliphatic hydroxyl groups is 2. The molecule has 0 bridgehead atoms. The zero-order valence-electron chi connectivity index (χ0n) is 15.7. The molecule has 0 heterocycles. The number of carboxylic acid groups (broad SMARTS) is 1. The van der Waals surface area contributed by atoms with Crippen molar-refractivity contribution in [3.63, 3.8) is 0 Å². The minimum absolute atomic E-state index is 0.171. The molecule has 0 saturated carbocycles. The molecule has 6 nitrogen and oxygen atoms in total. The number of hydrogen-bond acceptors (Lipinski definition) is 6. The highest BCUT2D eigenvalue weighted by atomic mass is 32.2. The molecule has 0 unspecified atom stereocenters. The first kappa shape index (κ1) is 23.0. The molecule has 1 rings (SSSR count). The third-order valence-corrected chi connectivity index (χ3v) is 5.53. The molecule has 0 spiro atoms. The minimum atomic E-state index is -0.756. The van der Waals surface area contributed by atoms with E-state index >= 15 is 0 Å². The van der Waals surface area contributed by atoms with Crippen LogP contribution >= 0.6 is 11.8 Å². The highest BCUT2D eigenvalue weighted by molar-refractivity contribution is 8.03. The maximum atomic E-state index is 10.5. The second kappa shape index (κ2) is 13.2. The summed E-state index contributed by atoms with van der Waals surface area (Å²) < 4.78 is 10.7. The van der Waals surface area contributed by atoms with Crippen LogP contribution in [0.2, 0.25) is 0 Å². The predicted octanol–water partition coefficient (Wildman–Crippen LogP) is 2.95. The standard InChI is InChI=1S/C19H32O6S/c1-3-25-11-10-14(20)8-9-15-16(21)13-17(24-2)19(15)26-12-6-4-5-7-18(22)23/h8-9,14-16,20-21H,3-7,10-13H2,1-2H3,(H,22,23)/b9-8+/t14-,15+,16-/m1/s1. The Morgan fingerprint density at radius 2 is 2.15 bits per heavy atom. The Morgan fingerprint density at radius 1 is 1.38 bits per heavy atom. The van der Waals surface area contributed by atoms with Crippen molar-refractivity contribution in [2.75, 3.05) is 26.1 Å². The monoisotopic (exact) mass is 388 g/mol. The Bertz CT molecular complexity index is 477. The van der Waals surface area contributed by atoms with Gasteiger partial charge >= 0.3 is 5.97 Å². The van der Waals surface area contributed by atoms with Crippen LogP contribution in [0.25, 0.3) is 0 Å². The summed E-state index contributed by atoms with van der Waals surface area (Å²) in [6.45, 7) is 3.05. The van der Waals surface area contributed by atoms with Crippen molar-refractivity contribution in [1.82, 2.24) is 0 Å². The Balaban J connectivity index is 2.51. The minimum Gasteiger partial charge on any atom is -0.500 e. The van der Waals surface area contributed by atoms with Crippen LogP contribution in [0, 0.1) is 5.92 Å². The van der Waals surface area contributed by atoms with E-state index < -0.39 is 18.2 Å². The molecular formula is C19H32O6S. The quantitative estimate of drug-likeness (QED) is 0.311. The normalized spacial score (nSPS) is 21.5. The molecule has 0 aromatic heterocycles. The lowest BCUT2D eigenvalue weighted by molar-refractivity contribution is -0.137. The molecule has 0 saturated heterocycles. The van der Waals surface area contributed by atoms with Gasteiger partial charge in [-0.05, 0) is 25.5 Å². The van der Waals surface area contributed by atoms with Crippen molar-refractivity contribution in [2.24, 2.45) is 5.92 Å². The lowest BCUT2D eigenvalue weighted by Gasteiger charge is -2.15. The van der Waals surface area contributed by atoms with Crippen LogP contribution in [0.15, 0.2) is 22.8 Å². The van der Waals surface area contributed by atoms with Crippen molar-refractivity contribution in [1.29, 1.82) is 0 Å². The lowest BCUT2D eigenvalue weighted by Crippen LogP contribution is -2.15. The van der Waals surface area contributed by atoms with E-state index in [0.717, 1.165) is 29.3 Å². The van der Waals surface area contributed by atoms with Gasteiger partial charge in [-0.25, -0.2) is 0 Å². The molecule has 3 N–H and O–H groups in total. The van der Waals surface area contributed by atoms with E-state index in [1.165, 1.54) is 0 Å². The van der Waals surface area contributed by atoms with Gasteiger partial charge in [-0.15, -0.1) is 11.8 Å². The summed E-state index contributed by atoms with van der Waals surface area (Å²) in [6, 6.07) is 0. The highest BCUT2D eigenvalue weighted by Gasteiger charge is 2.33. The fourth-order valence-corrected chi connectivity index (χ4v) is 4.11. The number of thioether (sulfide) groups is 1. The number of carboxylic acids is 1. The first-order valence-corrected chi connectivity index (χ1v) is 10.2. The molecule has 0 aromatic carbocycles. The van der Waals surface area contributed by atoms with Gasteiger partial charge in [0, 0.05) is 43.3 Å². The number of methoxy groups -OCH3 is 1. The zero-order valence-corrected chi connectivity index (χ0v) is 16.5. The van der Waals surface area contributed by atoms with Gasteiger partial charge in [0.25, 0.3) is 0 Å². The number of hydrogen-bond donors (Lipinski definition) is 3. The van der Waals surface area contributed by atoms with Gasteiger partial charge in [-0.1, -0.05) is 18.6 Å². The van der Waals surface area contributed by atoms with Gasteiger partial charge in [-0.3, -0.25) is 4.79 Å². The van der Waals surface area contributed by atoms with Crippen LogP contribution in [0.5, 0.6) is 0 Å².